The van der Waals surface area contributed by atoms with Crippen LogP contribution in [0.5, 0.6) is 17.2 Å². The van der Waals surface area contributed by atoms with Crippen molar-refractivity contribution in [2.24, 2.45) is 0 Å². The van der Waals surface area contributed by atoms with E-state index in [-0.39, 0.29) is 18.1 Å². The third-order valence-corrected chi connectivity index (χ3v) is 6.24. The molecule has 192 valence electrons. The zero-order valence-corrected chi connectivity index (χ0v) is 20.9. The highest BCUT2D eigenvalue weighted by Crippen LogP contribution is 2.33. The van der Waals surface area contributed by atoms with Gasteiger partial charge in [-0.05, 0) is 68.3 Å². The van der Waals surface area contributed by atoms with Gasteiger partial charge in [0.2, 0.25) is 0 Å². The minimum Gasteiger partial charge on any atom is -0.488 e. The molecular weight excluding hydrogens is 472 g/mol. The number of aliphatic hydroxyl groups is 1. The monoisotopic (exact) mass is 502 g/mol. The van der Waals surface area contributed by atoms with Crippen molar-refractivity contribution in [3.8, 4) is 28.6 Å². The Kier molecular flexibility index (Phi) is 7.34. The maximum atomic E-state index is 12.8. The second kappa shape index (κ2) is 11.0. The van der Waals surface area contributed by atoms with Gasteiger partial charge in [0.05, 0.1) is 12.7 Å². The van der Waals surface area contributed by atoms with Crippen molar-refractivity contribution in [1.82, 2.24) is 19.9 Å². The summed E-state index contributed by atoms with van der Waals surface area (Å²) in [6.07, 6.45) is 2.45. The normalized spacial score (nSPS) is 15.1. The number of nitrogens with one attached hydrogen (secondary N) is 1. The predicted molar refractivity (Wildman–Crippen MR) is 139 cm³/mol. The molecule has 2 N–H and O–H groups in total. The number of amides is 1. The number of H-pyrrole nitrogens is 1. The Morgan fingerprint density at radius 1 is 1.11 bits per heavy atom. The number of hydrogen-bond donors (Lipinski definition) is 2. The summed E-state index contributed by atoms with van der Waals surface area (Å²) in [5.74, 6) is 2.38. The topological polar surface area (TPSA) is 110 Å². The maximum absolute atomic E-state index is 12.8. The summed E-state index contributed by atoms with van der Waals surface area (Å²) in [6.45, 7) is 3.50. The van der Waals surface area contributed by atoms with Crippen LogP contribution in [0, 0.1) is 0 Å². The van der Waals surface area contributed by atoms with Crippen LogP contribution in [0.4, 0.5) is 0 Å². The van der Waals surface area contributed by atoms with Crippen LogP contribution in [-0.4, -0.2) is 69.9 Å². The van der Waals surface area contributed by atoms with E-state index < -0.39 is 0 Å². The molecule has 0 saturated carbocycles. The van der Waals surface area contributed by atoms with Gasteiger partial charge in [-0.3, -0.25) is 4.79 Å². The number of pyridine rings is 1. The lowest BCUT2D eigenvalue weighted by molar-refractivity contribution is 0.0546. The number of aromatic nitrogens is 3. The van der Waals surface area contributed by atoms with Gasteiger partial charge in [0.25, 0.3) is 5.91 Å². The zero-order valence-electron chi connectivity index (χ0n) is 20.9. The van der Waals surface area contributed by atoms with Crippen molar-refractivity contribution in [3.63, 3.8) is 0 Å². The summed E-state index contributed by atoms with van der Waals surface area (Å²) in [5.41, 5.74) is 2.84. The molecule has 2 aromatic carbocycles. The Morgan fingerprint density at radius 2 is 1.86 bits per heavy atom. The molecule has 0 bridgehead atoms. The molecule has 9 nitrogen and oxygen atoms in total. The molecule has 1 fully saturated rings. The van der Waals surface area contributed by atoms with Crippen LogP contribution in [0.15, 0.2) is 60.8 Å². The van der Waals surface area contributed by atoms with E-state index in [4.69, 9.17) is 14.2 Å². The first kappa shape index (κ1) is 24.7. The van der Waals surface area contributed by atoms with Gasteiger partial charge in [-0.25, -0.2) is 9.97 Å². The minimum absolute atomic E-state index is 0.0400. The third-order valence-electron chi connectivity index (χ3n) is 6.24. The lowest BCUT2D eigenvalue weighted by atomic mass is 10.1. The average Bonchev–Trinajstić information content (AvgIpc) is 3.34. The number of fused-ring (bicyclic) bond motifs is 1. The standard InChI is InChI=1S/C28H30N4O5/c1-18(17-35-2)36-23-14-20(26-30-25-4-3-11-29-27(25)31-26)15-24(16-23)37-22-7-5-19(6-8-22)28(34)32-12-9-21(33)10-13-32/h3-8,11,14-16,18,21,33H,9-10,12-13,17H2,1-2H3,(H,29,30,31). The number of methoxy groups -OCH3 is 1. The Bertz CT molecular complexity index is 1330. The van der Waals surface area contributed by atoms with E-state index in [1.54, 1.807) is 42.5 Å². The SMILES string of the molecule is COCC(C)Oc1cc(Oc2ccc(C(=O)N3CCC(O)CC3)cc2)cc(-c2nc3cccnc3[nH]2)c1. The molecule has 1 aliphatic heterocycles. The van der Waals surface area contributed by atoms with E-state index in [1.165, 1.54) is 0 Å². The minimum atomic E-state index is -0.322. The van der Waals surface area contributed by atoms with E-state index in [0.29, 0.717) is 66.8 Å². The summed E-state index contributed by atoms with van der Waals surface area (Å²) < 4.78 is 17.4. The van der Waals surface area contributed by atoms with Gasteiger partial charge in [0.1, 0.15) is 34.7 Å². The molecule has 9 heteroatoms. The number of hydrogen-bond acceptors (Lipinski definition) is 7. The number of ether oxygens (including phenoxy) is 3. The smallest absolute Gasteiger partial charge is 0.253 e. The highest BCUT2D eigenvalue weighted by molar-refractivity contribution is 5.94. The summed E-state index contributed by atoms with van der Waals surface area (Å²) in [6, 6.07) is 16.4. The number of carbonyl (C=O) groups is 1. The first-order valence-electron chi connectivity index (χ1n) is 12.4. The molecule has 5 rings (SSSR count). The number of carbonyl (C=O) groups excluding carboxylic acids is 1. The number of likely N-dealkylation sites (tertiary alicyclic amines) is 1. The highest BCUT2D eigenvalue weighted by Gasteiger charge is 2.22. The van der Waals surface area contributed by atoms with Crippen LogP contribution in [0.2, 0.25) is 0 Å². The van der Waals surface area contributed by atoms with Crippen LogP contribution in [0.25, 0.3) is 22.6 Å². The van der Waals surface area contributed by atoms with Crippen LogP contribution >= 0.6 is 0 Å². The Morgan fingerprint density at radius 3 is 2.59 bits per heavy atom. The molecular formula is C28H30N4O5. The summed E-state index contributed by atoms with van der Waals surface area (Å²) in [4.78, 5) is 26.8. The van der Waals surface area contributed by atoms with Crippen molar-refractivity contribution in [1.29, 1.82) is 0 Å². The second-order valence-electron chi connectivity index (χ2n) is 9.18. The van der Waals surface area contributed by atoms with Crippen molar-refractivity contribution in [2.75, 3.05) is 26.8 Å². The number of aromatic amines is 1. The highest BCUT2D eigenvalue weighted by atomic mass is 16.5. The molecule has 0 radical (unpaired) electrons. The fourth-order valence-corrected chi connectivity index (χ4v) is 4.37. The van der Waals surface area contributed by atoms with Crippen molar-refractivity contribution in [3.05, 3.63) is 66.4 Å². The molecule has 1 amide bonds. The lowest BCUT2D eigenvalue weighted by Gasteiger charge is -2.29. The number of aliphatic hydroxyl groups excluding tert-OH is 1. The molecule has 1 saturated heterocycles. The first-order valence-corrected chi connectivity index (χ1v) is 12.4. The van der Waals surface area contributed by atoms with Gasteiger partial charge < -0.3 is 29.2 Å². The van der Waals surface area contributed by atoms with Gasteiger partial charge >= 0.3 is 0 Å². The number of rotatable bonds is 8. The molecule has 4 aromatic rings. The summed E-state index contributed by atoms with van der Waals surface area (Å²) >= 11 is 0. The summed E-state index contributed by atoms with van der Waals surface area (Å²) in [5, 5.41) is 9.70. The van der Waals surface area contributed by atoms with Crippen LogP contribution < -0.4 is 9.47 Å². The molecule has 3 heterocycles. The van der Waals surface area contributed by atoms with Crippen molar-refractivity contribution < 1.29 is 24.1 Å². The molecule has 2 aromatic heterocycles. The predicted octanol–water partition coefficient (Wildman–Crippen LogP) is 4.43. The number of piperidine rings is 1. The molecule has 1 aliphatic rings. The number of nitrogens with zero attached hydrogens (tertiary/aromatic N) is 3. The van der Waals surface area contributed by atoms with Gasteiger partial charge in [-0.2, -0.15) is 0 Å². The van der Waals surface area contributed by atoms with Crippen LogP contribution in [-0.2, 0) is 4.74 Å². The Hall–Kier alpha value is -3.95. The fourth-order valence-electron chi connectivity index (χ4n) is 4.37. The molecule has 1 atom stereocenters. The zero-order chi connectivity index (χ0) is 25.8. The lowest BCUT2D eigenvalue weighted by Crippen LogP contribution is -2.40. The van der Waals surface area contributed by atoms with E-state index in [9.17, 15) is 9.90 Å². The maximum Gasteiger partial charge on any atom is 0.253 e. The van der Waals surface area contributed by atoms with E-state index in [2.05, 4.69) is 15.0 Å². The first-order chi connectivity index (χ1) is 18.0. The molecule has 0 aliphatic carbocycles. The fraction of sp³-hybridized carbons (Fsp3) is 0.321. The Balaban J connectivity index is 1.38. The second-order valence-corrected chi connectivity index (χ2v) is 9.18. The van der Waals surface area contributed by atoms with Gasteiger partial charge in [-0.15, -0.1) is 0 Å². The largest absolute Gasteiger partial charge is 0.488 e. The average molecular weight is 503 g/mol. The van der Waals surface area contributed by atoms with Crippen molar-refractivity contribution in [2.45, 2.75) is 32.0 Å². The number of benzene rings is 2. The quantitative estimate of drug-likeness (QED) is 0.367. The Labute approximate surface area is 215 Å². The van der Waals surface area contributed by atoms with E-state index in [0.717, 1.165) is 11.1 Å². The third kappa shape index (κ3) is 5.90. The van der Waals surface area contributed by atoms with Gasteiger partial charge in [0.15, 0.2) is 5.65 Å². The van der Waals surface area contributed by atoms with Crippen molar-refractivity contribution >= 4 is 17.1 Å². The molecule has 37 heavy (non-hydrogen) atoms. The molecule has 0 spiro atoms. The van der Waals surface area contributed by atoms with E-state index >= 15 is 0 Å². The number of imidazole rings is 1. The van der Waals surface area contributed by atoms with E-state index in [1.807, 2.05) is 37.3 Å². The summed E-state index contributed by atoms with van der Waals surface area (Å²) in [7, 11) is 1.63. The van der Waals surface area contributed by atoms with Crippen LogP contribution in [0.1, 0.15) is 30.1 Å². The van der Waals surface area contributed by atoms with Crippen LogP contribution in [0.3, 0.4) is 0 Å². The van der Waals surface area contributed by atoms with Gasteiger partial charge in [0, 0.05) is 43.6 Å². The van der Waals surface area contributed by atoms with Gasteiger partial charge in [-0.1, -0.05) is 0 Å². The molecule has 1 unspecified atom stereocenters.